The molecule has 0 bridgehead atoms. The molecule has 146 valence electrons. The van der Waals surface area contributed by atoms with E-state index < -0.39 is 10.0 Å². The number of benzene rings is 2. The van der Waals surface area contributed by atoms with Crippen molar-refractivity contribution in [2.75, 3.05) is 4.72 Å². The number of anilines is 1. The fourth-order valence-corrected chi connectivity index (χ4v) is 6.38. The first-order valence-corrected chi connectivity index (χ1v) is 11.9. The van der Waals surface area contributed by atoms with Crippen molar-refractivity contribution >= 4 is 48.7 Å². The molecule has 0 spiro atoms. The molecule has 0 saturated carbocycles. The van der Waals surface area contributed by atoms with E-state index >= 15 is 0 Å². The molecule has 1 atom stereocenters. The highest BCUT2D eigenvalue weighted by Gasteiger charge is 2.22. The minimum Gasteiger partial charge on any atom is -0.289 e. The molecular formula is C21H20ClNO3S2. The largest absolute Gasteiger partial charge is 0.289 e. The predicted molar refractivity (Wildman–Crippen MR) is 116 cm³/mol. The molecule has 1 aromatic heterocycles. The van der Waals surface area contributed by atoms with Gasteiger partial charge in [0.2, 0.25) is 0 Å². The minimum absolute atomic E-state index is 0.0857. The zero-order valence-electron chi connectivity index (χ0n) is 15.4. The van der Waals surface area contributed by atoms with Gasteiger partial charge < -0.3 is 0 Å². The number of halogens is 1. The van der Waals surface area contributed by atoms with Gasteiger partial charge in [0.15, 0.2) is 5.43 Å². The lowest BCUT2D eigenvalue weighted by Crippen LogP contribution is -2.20. The molecule has 0 saturated heterocycles. The summed E-state index contributed by atoms with van der Waals surface area (Å²) >= 11 is 7.52. The number of fused-ring (bicyclic) bond motifs is 2. The molecule has 2 aromatic carbocycles. The first kappa shape index (κ1) is 19.4. The van der Waals surface area contributed by atoms with Crippen molar-refractivity contribution in [3.05, 3.63) is 68.2 Å². The summed E-state index contributed by atoms with van der Waals surface area (Å²) in [7, 11) is -3.75. The molecule has 1 N–H and O–H groups in total. The van der Waals surface area contributed by atoms with Gasteiger partial charge in [0.25, 0.3) is 10.0 Å². The van der Waals surface area contributed by atoms with E-state index in [0.29, 0.717) is 22.0 Å². The second kappa shape index (κ2) is 7.50. The van der Waals surface area contributed by atoms with E-state index in [2.05, 4.69) is 11.6 Å². The van der Waals surface area contributed by atoms with Crippen LogP contribution in [-0.4, -0.2) is 8.42 Å². The summed E-state index contributed by atoms with van der Waals surface area (Å²) in [5.74, 6) is 0.616. The van der Waals surface area contributed by atoms with Crippen LogP contribution in [0.15, 0.2) is 52.2 Å². The van der Waals surface area contributed by atoms with Crippen molar-refractivity contribution in [3.63, 3.8) is 0 Å². The van der Waals surface area contributed by atoms with Crippen molar-refractivity contribution in [1.82, 2.24) is 0 Å². The standard InChI is InChI=1S/C21H20ClNO3S2/c1-2-13-6-8-17-19(10-13)27-20-12-15(7-9-18(20)21(17)24)23-28(25,26)16-5-3-4-14(22)11-16/h3-5,7,9,11-13,23H,2,6,8,10H2,1H3. The number of hydrogen-bond acceptors (Lipinski definition) is 4. The second-order valence-corrected chi connectivity index (χ2v) is 10.4. The summed E-state index contributed by atoms with van der Waals surface area (Å²) in [4.78, 5) is 14.1. The molecule has 1 heterocycles. The lowest BCUT2D eigenvalue weighted by molar-refractivity contribution is 0.448. The Morgan fingerprint density at radius 1 is 1.21 bits per heavy atom. The highest BCUT2D eigenvalue weighted by atomic mass is 35.5. The molecule has 3 aromatic rings. The van der Waals surface area contributed by atoms with E-state index in [1.54, 1.807) is 41.7 Å². The predicted octanol–water partition coefficient (Wildman–Crippen LogP) is 5.23. The zero-order chi connectivity index (χ0) is 19.9. The third kappa shape index (κ3) is 3.69. The van der Waals surface area contributed by atoms with Gasteiger partial charge in [-0.05, 0) is 61.6 Å². The molecule has 4 nitrogen and oxygen atoms in total. The molecule has 0 radical (unpaired) electrons. The van der Waals surface area contributed by atoms with Gasteiger partial charge in [0.05, 0.1) is 10.6 Å². The Hall–Kier alpha value is -1.89. The maximum atomic E-state index is 12.9. The van der Waals surface area contributed by atoms with E-state index in [1.807, 2.05) is 0 Å². The molecular weight excluding hydrogens is 414 g/mol. The molecule has 1 aliphatic rings. The van der Waals surface area contributed by atoms with Crippen LogP contribution in [0, 0.1) is 5.92 Å². The van der Waals surface area contributed by atoms with Gasteiger partial charge in [-0.25, -0.2) is 8.42 Å². The molecule has 28 heavy (non-hydrogen) atoms. The zero-order valence-corrected chi connectivity index (χ0v) is 17.8. The monoisotopic (exact) mass is 433 g/mol. The Morgan fingerprint density at radius 3 is 2.79 bits per heavy atom. The maximum absolute atomic E-state index is 12.9. The summed E-state index contributed by atoms with van der Waals surface area (Å²) in [6, 6.07) is 11.2. The summed E-state index contributed by atoms with van der Waals surface area (Å²) in [6.07, 6.45) is 3.94. The van der Waals surface area contributed by atoms with Crippen molar-refractivity contribution in [2.24, 2.45) is 5.92 Å². The highest BCUT2D eigenvalue weighted by Crippen LogP contribution is 2.33. The molecule has 7 heteroatoms. The molecule has 0 fully saturated rings. The topological polar surface area (TPSA) is 63.2 Å². The van der Waals surface area contributed by atoms with E-state index in [1.165, 1.54) is 12.1 Å². The van der Waals surface area contributed by atoms with Gasteiger partial charge in [-0.1, -0.05) is 31.0 Å². The van der Waals surface area contributed by atoms with E-state index in [4.69, 9.17) is 11.6 Å². The Morgan fingerprint density at radius 2 is 2.04 bits per heavy atom. The van der Waals surface area contributed by atoms with Crippen molar-refractivity contribution in [2.45, 2.75) is 37.5 Å². The van der Waals surface area contributed by atoms with Crippen LogP contribution >= 0.6 is 22.9 Å². The van der Waals surface area contributed by atoms with Gasteiger partial charge in [0.1, 0.15) is 0 Å². The van der Waals surface area contributed by atoms with Crippen molar-refractivity contribution in [1.29, 1.82) is 0 Å². The molecule has 1 unspecified atom stereocenters. The molecule has 1 aliphatic carbocycles. The fraction of sp³-hybridized carbons (Fsp3) is 0.286. The maximum Gasteiger partial charge on any atom is 0.261 e. The van der Waals surface area contributed by atoms with Crippen molar-refractivity contribution < 1.29 is 8.42 Å². The Balaban J connectivity index is 1.73. The number of sulfonamides is 1. The minimum atomic E-state index is -3.75. The lowest BCUT2D eigenvalue weighted by Gasteiger charge is -2.22. The van der Waals surface area contributed by atoms with E-state index in [0.717, 1.165) is 40.8 Å². The quantitative estimate of drug-likeness (QED) is 0.612. The normalized spacial score (nSPS) is 16.7. The van der Waals surface area contributed by atoms with Crippen LogP contribution in [0.1, 0.15) is 30.2 Å². The Kier molecular flexibility index (Phi) is 5.21. The van der Waals surface area contributed by atoms with Crippen LogP contribution in [0.3, 0.4) is 0 Å². The summed E-state index contributed by atoms with van der Waals surface area (Å²) in [6.45, 7) is 2.18. The van der Waals surface area contributed by atoms with Crippen LogP contribution < -0.4 is 10.2 Å². The van der Waals surface area contributed by atoms with Gasteiger partial charge in [-0.15, -0.1) is 11.3 Å². The van der Waals surface area contributed by atoms with Gasteiger partial charge >= 0.3 is 0 Å². The highest BCUT2D eigenvalue weighted by molar-refractivity contribution is 7.92. The van der Waals surface area contributed by atoms with Crippen LogP contribution in [0.4, 0.5) is 5.69 Å². The molecule has 0 amide bonds. The summed E-state index contributed by atoms with van der Waals surface area (Å²) < 4.78 is 28.7. The van der Waals surface area contributed by atoms with Gasteiger partial charge in [-0.3, -0.25) is 9.52 Å². The smallest absolute Gasteiger partial charge is 0.261 e. The van der Waals surface area contributed by atoms with E-state index in [-0.39, 0.29) is 10.3 Å². The average Bonchev–Trinajstić information content (AvgIpc) is 2.67. The molecule has 0 aliphatic heterocycles. The number of hydrogen-bond donors (Lipinski definition) is 1. The third-order valence-corrected chi connectivity index (χ3v) is 8.11. The Labute approximate surface area is 173 Å². The lowest BCUT2D eigenvalue weighted by atomic mass is 9.87. The first-order valence-electron chi connectivity index (χ1n) is 9.24. The SMILES string of the molecule is CCC1CCc2c(sc3cc(NS(=O)(=O)c4cccc(Cl)c4)ccc3c2=O)C1. The Bertz CT molecular complexity index is 1220. The first-order chi connectivity index (χ1) is 13.4. The summed E-state index contributed by atoms with van der Waals surface area (Å²) in [5, 5.41) is 1.01. The summed E-state index contributed by atoms with van der Waals surface area (Å²) in [5.41, 5.74) is 1.46. The van der Waals surface area contributed by atoms with Crippen LogP contribution in [0.2, 0.25) is 5.02 Å². The van der Waals surface area contributed by atoms with E-state index in [9.17, 15) is 13.2 Å². The number of nitrogens with one attached hydrogen (secondary N) is 1. The average molecular weight is 434 g/mol. The van der Waals surface area contributed by atoms with Gasteiger partial charge in [-0.2, -0.15) is 0 Å². The van der Waals surface area contributed by atoms with Crippen LogP contribution in [0.25, 0.3) is 10.1 Å². The second-order valence-electron chi connectivity index (χ2n) is 7.12. The van der Waals surface area contributed by atoms with Crippen LogP contribution in [0.5, 0.6) is 0 Å². The van der Waals surface area contributed by atoms with Gasteiger partial charge in [0, 0.05) is 25.5 Å². The third-order valence-electron chi connectivity index (χ3n) is 5.28. The van der Waals surface area contributed by atoms with Crippen molar-refractivity contribution in [3.8, 4) is 0 Å². The number of rotatable bonds is 4. The molecule has 4 rings (SSSR count). The van der Waals surface area contributed by atoms with Crippen LogP contribution in [-0.2, 0) is 22.9 Å². The fourth-order valence-electron chi connectivity index (χ4n) is 3.67.